The average molecular weight is 308 g/mol. The number of rotatable bonds is 2. The molecule has 3 nitrogen and oxygen atoms in total. The Kier molecular flexibility index (Phi) is 14.7. The molecule has 22 heavy (non-hydrogen) atoms. The quantitative estimate of drug-likeness (QED) is 0.722. The van der Waals surface area contributed by atoms with Gasteiger partial charge in [-0.05, 0) is 12.0 Å². The lowest BCUT2D eigenvalue weighted by Crippen LogP contribution is -2.21. The molecule has 0 aromatic heterocycles. The number of methoxy groups -OCH3 is 1. The van der Waals surface area contributed by atoms with Crippen LogP contribution in [0.3, 0.4) is 0 Å². The minimum Gasteiger partial charge on any atom is -0.469 e. The van der Waals surface area contributed by atoms with E-state index in [2.05, 4.69) is 0 Å². The summed E-state index contributed by atoms with van der Waals surface area (Å²) in [6.07, 6.45) is 1.07. The van der Waals surface area contributed by atoms with Gasteiger partial charge in [0.05, 0.1) is 18.9 Å². The minimum absolute atomic E-state index is 0.140. The van der Waals surface area contributed by atoms with E-state index in [9.17, 15) is 9.59 Å². The van der Waals surface area contributed by atoms with Gasteiger partial charge in [0.25, 0.3) is 0 Å². The van der Waals surface area contributed by atoms with Crippen LogP contribution in [0.5, 0.6) is 0 Å². The Morgan fingerprint density at radius 2 is 1.50 bits per heavy atom. The van der Waals surface area contributed by atoms with Crippen LogP contribution < -0.4 is 0 Å². The Balaban J connectivity index is 0. The van der Waals surface area contributed by atoms with Crippen molar-refractivity contribution in [2.75, 3.05) is 7.11 Å². The molecule has 2 rings (SSSR count). The highest BCUT2D eigenvalue weighted by Crippen LogP contribution is 2.37. The molecule has 0 amide bonds. The third-order valence-electron chi connectivity index (χ3n) is 3.11. The standard InChI is InChI=1S/C13H14O3.3C2H6/c1-16-13(15)10-7-8-11(14)12(10)9-5-3-2-4-6-9;3*1-2/h2-6,10,12H,7-8H2,1H3;3*1-2H3. The lowest BCUT2D eigenvalue weighted by atomic mass is 9.88. The predicted molar refractivity (Wildman–Crippen MR) is 93.0 cm³/mol. The van der Waals surface area contributed by atoms with E-state index in [4.69, 9.17) is 4.74 Å². The van der Waals surface area contributed by atoms with E-state index in [1.165, 1.54) is 7.11 Å². The van der Waals surface area contributed by atoms with E-state index >= 15 is 0 Å². The smallest absolute Gasteiger partial charge is 0.309 e. The summed E-state index contributed by atoms with van der Waals surface area (Å²) in [5.74, 6) is -0.755. The summed E-state index contributed by atoms with van der Waals surface area (Å²) in [6.45, 7) is 12.0. The highest BCUT2D eigenvalue weighted by Gasteiger charge is 2.40. The van der Waals surface area contributed by atoms with Crippen LogP contribution in [-0.2, 0) is 14.3 Å². The molecule has 1 fully saturated rings. The number of carbonyl (C=O) groups excluding carboxylic acids is 2. The Labute approximate surface area is 136 Å². The van der Waals surface area contributed by atoms with Crippen molar-refractivity contribution in [2.24, 2.45) is 5.92 Å². The fourth-order valence-corrected chi connectivity index (χ4v) is 2.33. The zero-order chi connectivity index (χ0) is 17.5. The van der Waals surface area contributed by atoms with E-state index in [0.29, 0.717) is 12.8 Å². The average Bonchev–Trinajstić information content (AvgIpc) is 3.02. The molecule has 0 spiro atoms. The number of hydrogen-bond acceptors (Lipinski definition) is 3. The molecule has 0 bridgehead atoms. The summed E-state index contributed by atoms with van der Waals surface area (Å²) in [5, 5.41) is 0. The molecule has 1 aromatic carbocycles. The molecule has 1 aliphatic rings. The maximum absolute atomic E-state index is 11.8. The highest BCUT2D eigenvalue weighted by molar-refractivity contribution is 5.94. The molecule has 3 heteroatoms. The Hall–Kier alpha value is -1.64. The van der Waals surface area contributed by atoms with Crippen LogP contribution in [0.1, 0.15) is 65.9 Å². The first-order chi connectivity index (χ1) is 10.7. The molecule has 1 aromatic rings. The van der Waals surface area contributed by atoms with Crippen molar-refractivity contribution in [1.82, 2.24) is 0 Å². The Morgan fingerprint density at radius 1 is 1.00 bits per heavy atom. The molecule has 2 unspecified atom stereocenters. The molecule has 0 saturated heterocycles. The lowest BCUT2D eigenvalue weighted by Gasteiger charge is -2.16. The van der Waals surface area contributed by atoms with Crippen molar-refractivity contribution in [3.8, 4) is 0 Å². The predicted octanol–water partition coefficient (Wildman–Crippen LogP) is 5.00. The molecule has 0 heterocycles. The second-order valence-corrected chi connectivity index (χ2v) is 4.02. The molecule has 1 aliphatic carbocycles. The summed E-state index contributed by atoms with van der Waals surface area (Å²) >= 11 is 0. The van der Waals surface area contributed by atoms with Crippen LogP contribution >= 0.6 is 0 Å². The molecule has 2 atom stereocenters. The van der Waals surface area contributed by atoms with Crippen LogP contribution in [0.25, 0.3) is 0 Å². The molecule has 126 valence electrons. The van der Waals surface area contributed by atoms with E-state index in [-0.39, 0.29) is 23.6 Å². The van der Waals surface area contributed by atoms with Gasteiger partial charge < -0.3 is 4.74 Å². The van der Waals surface area contributed by atoms with Crippen molar-refractivity contribution < 1.29 is 14.3 Å². The van der Waals surface area contributed by atoms with Gasteiger partial charge in [0.1, 0.15) is 5.78 Å². The van der Waals surface area contributed by atoms with Crippen LogP contribution in [0.15, 0.2) is 30.3 Å². The Morgan fingerprint density at radius 3 is 1.95 bits per heavy atom. The fourth-order valence-electron chi connectivity index (χ4n) is 2.33. The maximum Gasteiger partial charge on any atom is 0.309 e. The number of esters is 1. The van der Waals surface area contributed by atoms with E-state index < -0.39 is 0 Å². The summed E-state index contributed by atoms with van der Waals surface area (Å²) in [6, 6.07) is 9.45. The molecule has 0 aliphatic heterocycles. The van der Waals surface area contributed by atoms with Crippen molar-refractivity contribution in [3.05, 3.63) is 35.9 Å². The second-order valence-electron chi connectivity index (χ2n) is 4.02. The third-order valence-corrected chi connectivity index (χ3v) is 3.11. The first-order valence-electron chi connectivity index (χ1n) is 8.39. The second kappa shape index (κ2) is 14.3. The van der Waals surface area contributed by atoms with Gasteiger partial charge in [0.2, 0.25) is 0 Å². The summed E-state index contributed by atoms with van der Waals surface area (Å²) in [4.78, 5) is 23.4. The third kappa shape index (κ3) is 6.42. The van der Waals surface area contributed by atoms with Gasteiger partial charge in [-0.2, -0.15) is 0 Å². The normalized spacial score (nSPS) is 18.6. The zero-order valence-electron chi connectivity index (χ0n) is 15.2. The topological polar surface area (TPSA) is 43.4 Å². The molecule has 0 N–H and O–H groups in total. The van der Waals surface area contributed by atoms with Crippen molar-refractivity contribution >= 4 is 11.8 Å². The van der Waals surface area contributed by atoms with Gasteiger partial charge in [0.15, 0.2) is 0 Å². The van der Waals surface area contributed by atoms with Crippen LogP contribution in [-0.4, -0.2) is 18.9 Å². The summed E-state index contributed by atoms with van der Waals surface area (Å²) in [5.41, 5.74) is 0.917. The van der Waals surface area contributed by atoms with E-state index in [0.717, 1.165) is 5.56 Å². The van der Waals surface area contributed by atoms with Gasteiger partial charge >= 0.3 is 5.97 Å². The fraction of sp³-hybridized carbons (Fsp3) is 0.579. The molecular formula is C19H32O3. The SMILES string of the molecule is CC.CC.CC.COC(=O)C1CCC(=O)C1c1ccccc1. The number of ketones is 1. The van der Waals surface area contributed by atoms with Gasteiger partial charge in [-0.25, -0.2) is 0 Å². The summed E-state index contributed by atoms with van der Waals surface area (Å²) < 4.78 is 4.74. The highest BCUT2D eigenvalue weighted by atomic mass is 16.5. The maximum atomic E-state index is 11.8. The van der Waals surface area contributed by atoms with E-state index in [1.807, 2.05) is 71.9 Å². The van der Waals surface area contributed by atoms with Gasteiger partial charge in [-0.3, -0.25) is 9.59 Å². The summed E-state index contributed by atoms with van der Waals surface area (Å²) in [7, 11) is 1.37. The molecular weight excluding hydrogens is 276 g/mol. The largest absolute Gasteiger partial charge is 0.469 e. The number of ether oxygens (including phenoxy) is 1. The number of Topliss-reactive ketones (excluding diaryl/α,β-unsaturated/α-hetero) is 1. The Bertz CT molecular complexity index is 398. The van der Waals surface area contributed by atoms with Gasteiger partial charge in [0, 0.05) is 6.42 Å². The number of hydrogen-bond donors (Lipinski definition) is 0. The molecule has 0 radical (unpaired) electrons. The van der Waals surface area contributed by atoms with Crippen molar-refractivity contribution in [3.63, 3.8) is 0 Å². The number of carbonyl (C=O) groups is 2. The van der Waals surface area contributed by atoms with Crippen molar-refractivity contribution in [2.45, 2.75) is 60.3 Å². The number of benzene rings is 1. The van der Waals surface area contributed by atoms with E-state index in [1.54, 1.807) is 0 Å². The first-order valence-corrected chi connectivity index (χ1v) is 8.39. The zero-order valence-corrected chi connectivity index (χ0v) is 15.2. The molecule has 1 saturated carbocycles. The van der Waals surface area contributed by atoms with Gasteiger partial charge in [-0.15, -0.1) is 0 Å². The minimum atomic E-state index is -0.311. The van der Waals surface area contributed by atoms with Crippen LogP contribution in [0.2, 0.25) is 0 Å². The van der Waals surface area contributed by atoms with Crippen LogP contribution in [0, 0.1) is 5.92 Å². The van der Waals surface area contributed by atoms with Gasteiger partial charge in [-0.1, -0.05) is 71.9 Å². The lowest BCUT2D eigenvalue weighted by molar-refractivity contribution is -0.146. The monoisotopic (exact) mass is 308 g/mol. The van der Waals surface area contributed by atoms with Crippen molar-refractivity contribution in [1.29, 1.82) is 0 Å². The van der Waals surface area contributed by atoms with Crippen LogP contribution in [0.4, 0.5) is 0 Å². The first kappa shape index (κ1) is 22.6.